The zero-order valence-corrected chi connectivity index (χ0v) is 21.4. The van der Waals surface area contributed by atoms with Crippen LogP contribution in [-0.2, 0) is 0 Å². The van der Waals surface area contributed by atoms with Crippen LogP contribution in [0.1, 0.15) is 11.1 Å². The second-order valence-electron chi connectivity index (χ2n) is 6.44. The smallest absolute Gasteiger partial charge is 0.221 e. The maximum Gasteiger partial charge on any atom is 0.221 e. The van der Waals surface area contributed by atoms with E-state index < -0.39 is 0 Å². The van der Waals surface area contributed by atoms with Crippen molar-refractivity contribution in [2.24, 2.45) is 25.8 Å². The van der Waals surface area contributed by atoms with Crippen LogP contribution in [-0.4, -0.2) is 51.6 Å². The summed E-state index contributed by atoms with van der Waals surface area (Å²) >= 11 is 9.15. The van der Waals surface area contributed by atoms with E-state index in [4.69, 9.17) is 16.3 Å². The zero-order chi connectivity index (χ0) is 25.8. The molecule has 2 heterocycles. The van der Waals surface area contributed by atoms with Gasteiger partial charge in [0.2, 0.25) is 5.88 Å². The van der Waals surface area contributed by atoms with Gasteiger partial charge in [-0.05, 0) is 61.7 Å². The Morgan fingerprint density at radius 1 is 1.15 bits per heavy atom. The number of hydrogen-bond acceptors (Lipinski definition) is 8. The summed E-state index contributed by atoms with van der Waals surface area (Å²) in [6.45, 7) is 5.23. The van der Waals surface area contributed by atoms with Gasteiger partial charge in [0.15, 0.2) is 0 Å². The van der Waals surface area contributed by atoms with Crippen LogP contribution in [0.15, 0.2) is 57.2 Å². The molecule has 0 amide bonds. The van der Waals surface area contributed by atoms with Crippen LogP contribution in [0.4, 0.5) is 4.39 Å². The number of nitrogens with zero attached hydrogens (tertiary/aromatic N) is 4. The van der Waals surface area contributed by atoms with Gasteiger partial charge >= 0.3 is 0 Å². The highest BCUT2D eigenvalue weighted by Crippen LogP contribution is 2.35. The lowest BCUT2D eigenvalue weighted by atomic mass is 9.91. The van der Waals surface area contributed by atoms with Crippen molar-refractivity contribution in [3.8, 4) is 17.0 Å². The minimum absolute atomic E-state index is 0.352. The van der Waals surface area contributed by atoms with Crippen LogP contribution >= 0.6 is 24.4 Å². The van der Waals surface area contributed by atoms with Crippen LogP contribution in [0.2, 0.25) is 5.02 Å². The van der Waals surface area contributed by atoms with Crippen LogP contribution in [0.3, 0.4) is 0 Å². The molecule has 1 aliphatic heterocycles. The van der Waals surface area contributed by atoms with Crippen LogP contribution in [0, 0.1) is 12.7 Å². The van der Waals surface area contributed by atoms with E-state index >= 15 is 0 Å². The lowest BCUT2D eigenvalue weighted by Crippen LogP contribution is -2.36. The van der Waals surface area contributed by atoms with E-state index in [1.54, 1.807) is 33.3 Å². The van der Waals surface area contributed by atoms with Gasteiger partial charge in [0.05, 0.1) is 12.1 Å². The Morgan fingerprint density at radius 2 is 1.79 bits per heavy atom. The largest absolute Gasteiger partial charge is 0.481 e. The summed E-state index contributed by atoms with van der Waals surface area (Å²) in [5.41, 5.74) is 8.21. The van der Waals surface area contributed by atoms with Gasteiger partial charge in [-0.3, -0.25) is 20.1 Å². The summed E-state index contributed by atoms with van der Waals surface area (Å²) in [6, 6.07) is 4.99. The maximum atomic E-state index is 15.0. The molecule has 1 aliphatic rings. The van der Waals surface area contributed by atoms with Gasteiger partial charge in [0.25, 0.3) is 0 Å². The van der Waals surface area contributed by atoms with Gasteiger partial charge in [-0.15, -0.1) is 12.8 Å². The first kappa shape index (κ1) is 29.0. The molecule has 8 nitrogen and oxygen atoms in total. The Morgan fingerprint density at radius 3 is 2.35 bits per heavy atom. The molecule has 5 N–H and O–H groups in total. The van der Waals surface area contributed by atoms with Gasteiger partial charge in [-0.1, -0.05) is 11.6 Å². The lowest BCUT2D eigenvalue weighted by Gasteiger charge is -2.23. The fourth-order valence-corrected chi connectivity index (χ4v) is 3.38. The molecule has 2 aromatic rings. The highest BCUT2D eigenvalue weighted by atomic mass is 35.5. The van der Waals surface area contributed by atoms with Gasteiger partial charge in [0.1, 0.15) is 17.5 Å². The van der Waals surface area contributed by atoms with Crippen molar-refractivity contribution >= 4 is 48.4 Å². The van der Waals surface area contributed by atoms with Gasteiger partial charge in [-0.25, -0.2) is 9.37 Å². The molecule has 0 atom stereocenters. The number of methoxy groups -OCH3 is 1. The van der Waals surface area contributed by atoms with Crippen molar-refractivity contribution in [2.45, 2.75) is 6.92 Å². The van der Waals surface area contributed by atoms with Crippen molar-refractivity contribution < 1.29 is 9.13 Å². The molecule has 0 saturated heterocycles. The van der Waals surface area contributed by atoms with Crippen LogP contribution in [0.5, 0.6) is 5.88 Å². The molecule has 0 fully saturated rings. The number of rotatable bonds is 4. The lowest BCUT2D eigenvalue weighted by molar-refractivity contribution is 0.399. The summed E-state index contributed by atoms with van der Waals surface area (Å²) in [6.07, 6.45) is 4.92. The quantitative estimate of drug-likeness (QED) is 0.371. The fraction of sp³-hybridized carbons (Fsp3) is 0.217. The molecular formula is C23H29ClFN7OS. The predicted molar refractivity (Wildman–Crippen MR) is 145 cm³/mol. The van der Waals surface area contributed by atoms with Crippen molar-refractivity contribution in [1.29, 1.82) is 0 Å². The van der Waals surface area contributed by atoms with Crippen LogP contribution < -0.4 is 20.9 Å². The normalized spacial score (nSPS) is 16.1. The number of halogens is 2. The third kappa shape index (κ3) is 6.51. The average molecular weight is 506 g/mol. The highest BCUT2D eigenvalue weighted by Gasteiger charge is 2.23. The number of benzene rings is 1. The molecule has 1 aromatic heterocycles. The van der Waals surface area contributed by atoms with E-state index in [-0.39, 0.29) is 5.82 Å². The first-order valence-electron chi connectivity index (χ1n) is 9.86. The van der Waals surface area contributed by atoms with E-state index in [9.17, 15) is 4.39 Å². The number of aromatic nitrogens is 1. The zero-order valence-electron chi connectivity index (χ0n) is 19.7. The van der Waals surface area contributed by atoms with Crippen molar-refractivity contribution in [3.63, 3.8) is 0 Å². The third-order valence-electron chi connectivity index (χ3n) is 4.70. The van der Waals surface area contributed by atoms with Crippen molar-refractivity contribution in [1.82, 2.24) is 10.3 Å². The highest BCUT2D eigenvalue weighted by molar-refractivity contribution is 7.77. The molecular weight excluding hydrogens is 477 g/mol. The third-order valence-corrected chi connectivity index (χ3v) is 4.91. The SMILES string of the molecule is C=N/C=C1/C=C(c2cc(-c3cc(Cl)cnc3OC)cc(F)c2C)C(=NC)NC1=NC.CN.NS. The molecule has 0 aliphatic carbocycles. The van der Waals surface area contributed by atoms with Crippen LogP contribution in [0.25, 0.3) is 16.7 Å². The standard InChI is InChI=1S/C22H21ClFN5O.CH5N.H3NS/c1-12-16(18-7-14(10-25-2)20(26-3)29-21(18)27-4)6-13(8-19(12)24)17-9-15(23)11-28-22(17)30-5;2*1-2/h6-11H,2H2,1,3-5H3,(H,26,27,29);2H2,1H3;2H,1H2/b14-10-;;. The average Bonchev–Trinajstić information content (AvgIpc) is 2.88. The second kappa shape index (κ2) is 14.3. The summed E-state index contributed by atoms with van der Waals surface area (Å²) in [7, 11) is 6.32. The van der Waals surface area contributed by atoms with E-state index in [0.717, 1.165) is 0 Å². The van der Waals surface area contributed by atoms with Gasteiger partial charge < -0.3 is 15.8 Å². The number of aliphatic imine (C=N–C) groups is 3. The van der Waals surface area contributed by atoms with Gasteiger partial charge in [0, 0.05) is 43.2 Å². The number of nitrogens with one attached hydrogen (secondary N) is 1. The van der Waals surface area contributed by atoms with Gasteiger partial charge in [-0.2, -0.15) is 0 Å². The minimum atomic E-state index is -0.372. The second-order valence-corrected chi connectivity index (χ2v) is 6.87. The molecule has 0 saturated carbocycles. The molecule has 0 bridgehead atoms. The number of hydrogen-bond donors (Lipinski definition) is 4. The Labute approximate surface area is 210 Å². The number of pyridine rings is 1. The Hall–Kier alpha value is -3.05. The van der Waals surface area contributed by atoms with Crippen molar-refractivity contribution in [3.05, 3.63) is 64.2 Å². The van der Waals surface area contributed by atoms with E-state index in [1.807, 2.05) is 12.1 Å². The molecule has 0 unspecified atom stereocenters. The summed E-state index contributed by atoms with van der Waals surface area (Å²) in [5.74, 6) is 1.14. The number of amidine groups is 2. The minimum Gasteiger partial charge on any atom is -0.481 e. The van der Waals surface area contributed by atoms with E-state index in [1.165, 1.54) is 26.4 Å². The molecule has 1 aromatic carbocycles. The molecule has 182 valence electrons. The van der Waals surface area contributed by atoms with Crippen molar-refractivity contribution in [2.75, 3.05) is 28.3 Å². The Kier molecular flexibility index (Phi) is 12.2. The molecule has 11 heteroatoms. The van der Waals surface area contributed by atoms with E-state index in [0.29, 0.717) is 56.0 Å². The predicted octanol–water partition coefficient (Wildman–Crippen LogP) is 3.85. The number of thiol groups is 1. The Bertz CT molecular complexity index is 1150. The molecule has 0 radical (unpaired) electrons. The summed E-state index contributed by atoms with van der Waals surface area (Å²) in [5, 5.41) is 7.79. The topological polar surface area (TPSA) is 123 Å². The fourth-order valence-electron chi connectivity index (χ4n) is 3.22. The summed E-state index contributed by atoms with van der Waals surface area (Å²) in [4.78, 5) is 16.6. The molecule has 0 spiro atoms. The summed E-state index contributed by atoms with van der Waals surface area (Å²) < 4.78 is 20.3. The number of nitrogens with two attached hydrogens (primary N) is 2. The van der Waals surface area contributed by atoms with E-state index in [2.05, 4.69) is 55.7 Å². The first-order valence-corrected chi connectivity index (χ1v) is 10.8. The number of ether oxygens (including phenoxy) is 1. The Balaban J connectivity index is 0.00000137. The maximum absolute atomic E-state index is 15.0. The molecule has 3 rings (SSSR count). The molecule has 34 heavy (non-hydrogen) atoms. The first-order chi connectivity index (χ1) is 16.4. The monoisotopic (exact) mass is 505 g/mol.